The molecule has 3 nitrogen and oxygen atoms in total. The summed E-state index contributed by atoms with van der Waals surface area (Å²) in [7, 11) is 0. The SMILES string of the molecule is Cc1ccc([C@@H](C(=O)O)N2CCc3ccccc3C2)cc1. The topological polar surface area (TPSA) is 40.5 Å². The number of benzene rings is 2. The number of aliphatic carboxylic acids is 1. The molecule has 1 heterocycles. The van der Waals surface area contributed by atoms with Crippen molar-refractivity contribution in [3.8, 4) is 0 Å². The highest BCUT2D eigenvalue weighted by atomic mass is 16.4. The van der Waals surface area contributed by atoms with Gasteiger partial charge in [0.25, 0.3) is 0 Å². The second-order valence-corrected chi connectivity index (χ2v) is 5.64. The molecule has 0 aromatic heterocycles. The molecule has 0 aliphatic carbocycles. The molecule has 3 heteroatoms. The monoisotopic (exact) mass is 281 g/mol. The summed E-state index contributed by atoms with van der Waals surface area (Å²) in [4.78, 5) is 13.8. The van der Waals surface area contributed by atoms with Crippen molar-refractivity contribution in [3.05, 3.63) is 70.8 Å². The van der Waals surface area contributed by atoms with Crippen LogP contribution in [-0.2, 0) is 17.8 Å². The molecule has 0 radical (unpaired) electrons. The van der Waals surface area contributed by atoms with Gasteiger partial charge in [0.1, 0.15) is 6.04 Å². The van der Waals surface area contributed by atoms with Crippen LogP contribution in [-0.4, -0.2) is 22.5 Å². The molecule has 1 aliphatic heterocycles. The van der Waals surface area contributed by atoms with Crippen molar-refractivity contribution in [1.82, 2.24) is 4.90 Å². The van der Waals surface area contributed by atoms with Crippen molar-refractivity contribution in [3.63, 3.8) is 0 Å². The number of rotatable bonds is 3. The molecular formula is C18H19NO2. The van der Waals surface area contributed by atoms with Gasteiger partial charge in [0.15, 0.2) is 0 Å². The first kappa shape index (κ1) is 13.8. The van der Waals surface area contributed by atoms with Crippen LogP contribution >= 0.6 is 0 Å². The number of aryl methyl sites for hydroxylation is 1. The van der Waals surface area contributed by atoms with E-state index in [1.165, 1.54) is 11.1 Å². The Morgan fingerprint density at radius 3 is 2.43 bits per heavy atom. The van der Waals surface area contributed by atoms with Crippen LogP contribution < -0.4 is 0 Å². The summed E-state index contributed by atoms with van der Waals surface area (Å²) in [6, 6.07) is 15.5. The van der Waals surface area contributed by atoms with Crippen molar-refractivity contribution in [2.75, 3.05) is 6.54 Å². The molecule has 2 aromatic carbocycles. The molecule has 3 rings (SSSR count). The van der Waals surface area contributed by atoms with E-state index < -0.39 is 12.0 Å². The molecule has 0 spiro atoms. The summed E-state index contributed by atoms with van der Waals surface area (Å²) in [5.74, 6) is -0.779. The maximum absolute atomic E-state index is 11.8. The van der Waals surface area contributed by atoms with Crippen LogP contribution in [0.4, 0.5) is 0 Å². The van der Waals surface area contributed by atoms with Crippen molar-refractivity contribution in [2.45, 2.75) is 25.9 Å². The molecule has 2 aromatic rings. The van der Waals surface area contributed by atoms with Crippen LogP contribution in [0.3, 0.4) is 0 Å². The molecule has 1 aliphatic rings. The number of fused-ring (bicyclic) bond motifs is 1. The van der Waals surface area contributed by atoms with Gasteiger partial charge in [0.05, 0.1) is 0 Å². The average molecular weight is 281 g/mol. The highest BCUT2D eigenvalue weighted by Crippen LogP contribution is 2.28. The fourth-order valence-electron chi connectivity index (χ4n) is 3.00. The van der Waals surface area contributed by atoms with Gasteiger partial charge in [0.2, 0.25) is 0 Å². The molecule has 0 saturated carbocycles. The first-order chi connectivity index (χ1) is 10.1. The Balaban J connectivity index is 1.89. The Hall–Kier alpha value is -2.13. The lowest BCUT2D eigenvalue weighted by Crippen LogP contribution is -2.38. The van der Waals surface area contributed by atoms with Gasteiger partial charge in [-0.05, 0) is 30.0 Å². The van der Waals surface area contributed by atoms with Gasteiger partial charge in [-0.2, -0.15) is 0 Å². The second kappa shape index (κ2) is 5.70. The van der Waals surface area contributed by atoms with Gasteiger partial charge in [-0.25, -0.2) is 0 Å². The fraction of sp³-hybridized carbons (Fsp3) is 0.278. The summed E-state index contributed by atoms with van der Waals surface area (Å²) in [5.41, 5.74) is 4.57. The molecular weight excluding hydrogens is 262 g/mol. The molecule has 1 N–H and O–H groups in total. The van der Waals surface area contributed by atoms with E-state index in [2.05, 4.69) is 17.0 Å². The van der Waals surface area contributed by atoms with Gasteiger partial charge in [-0.1, -0.05) is 54.1 Å². The molecule has 108 valence electrons. The van der Waals surface area contributed by atoms with E-state index in [4.69, 9.17) is 0 Å². The van der Waals surface area contributed by atoms with Crippen LogP contribution in [0.5, 0.6) is 0 Å². The molecule has 0 fully saturated rings. The van der Waals surface area contributed by atoms with E-state index in [1.54, 1.807) is 0 Å². The second-order valence-electron chi connectivity index (χ2n) is 5.64. The quantitative estimate of drug-likeness (QED) is 0.939. The van der Waals surface area contributed by atoms with E-state index in [0.717, 1.165) is 24.1 Å². The summed E-state index contributed by atoms with van der Waals surface area (Å²) >= 11 is 0. The Labute approximate surface area is 124 Å². The van der Waals surface area contributed by atoms with E-state index in [-0.39, 0.29) is 0 Å². The minimum Gasteiger partial charge on any atom is -0.480 e. The molecule has 0 unspecified atom stereocenters. The number of carboxylic acid groups (broad SMARTS) is 1. The average Bonchev–Trinajstić information content (AvgIpc) is 2.49. The van der Waals surface area contributed by atoms with Crippen LogP contribution in [0.15, 0.2) is 48.5 Å². The number of hydrogen-bond donors (Lipinski definition) is 1. The first-order valence-electron chi connectivity index (χ1n) is 7.25. The third kappa shape index (κ3) is 2.83. The third-order valence-corrected chi connectivity index (χ3v) is 4.15. The maximum Gasteiger partial charge on any atom is 0.325 e. The Morgan fingerprint density at radius 1 is 1.10 bits per heavy atom. The maximum atomic E-state index is 11.8. The van der Waals surface area contributed by atoms with Crippen molar-refractivity contribution in [2.24, 2.45) is 0 Å². The predicted molar refractivity (Wildman–Crippen MR) is 82.1 cm³/mol. The number of carboxylic acids is 1. The molecule has 0 bridgehead atoms. The largest absolute Gasteiger partial charge is 0.480 e. The van der Waals surface area contributed by atoms with E-state index in [0.29, 0.717) is 6.54 Å². The van der Waals surface area contributed by atoms with Crippen LogP contribution in [0.2, 0.25) is 0 Å². The first-order valence-corrected chi connectivity index (χ1v) is 7.25. The van der Waals surface area contributed by atoms with Gasteiger partial charge < -0.3 is 5.11 Å². The van der Waals surface area contributed by atoms with Crippen LogP contribution in [0.25, 0.3) is 0 Å². The summed E-state index contributed by atoms with van der Waals surface area (Å²) in [6.45, 7) is 3.49. The van der Waals surface area contributed by atoms with Gasteiger partial charge >= 0.3 is 5.97 Å². The lowest BCUT2D eigenvalue weighted by atomic mass is 9.96. The predicted octanol–water partition coefficient (Wildman–Crippen LogP) is 3.18. The number of hydrogen-bond acceptors (Lipinski definition) is 2. The third-order valence-electron chi connectivity index (χ3n) is 4.15. The Bertz CT molecular complexity index is 649. The summed E-state index contributed by atoms with van der Waals surface area (Å²) in [6.07, 6.45) is 0.909. The van der Waals surface area contributed by atoms with Crippen molar-refractivity contribution < 1.29 is 9.90 Å². The van der Waals surface area contributed by atoms with Gasteiger partial charge in [-0.3, -0.25) is 9.69 Å². The molecule has 21 heavy (non-hydrogen) atoms. The number of nitrogens with zero attached hydrogens (tertiary/aromatic N) is 1. The van der Waals surface area contributed by atoms with Gasteiger partial charge in [-0.15, -0.1) is 0 Å². The molecule has 0 saturated heterocycles. The molecule has 0 amide bonds. The van der Waals surface area contributed by atoms with Crippen molar-refractivity contribution in [1.29, 1.82) is 0 Å². The van der Waals surface area contributed by atoms with E-state index in [1.807, 2.05) is 43.3 Å². The number of carbonyl (C=O) groups is 1. The smallest absolute Gasteiger partial charge is 0.325 e. The highest BCUT2D eigenvalue weighted by molar-refractivity contribution is 5.75. The minimum absolute atomic E-state index is 0.570. The fourth-order valence-corrected chi connectivity index (χ4v) is 3.00. The van der Waals surface area contributed by atoms with E-state index >= 15 is 0 Å². The zero-order valence-electron chi connectivity index (χ0n) is 12.1. The van der Waals surface area contributed by atoms with Crippen LogP contribution in [0, 0.1) is 6.92 Å². The zero-order chi connectivity index (χ0) is 14.8. The lowest BCUT2D eigenvalue weighted by Gasteiger charge is -2.33. The lowest BCUT2D eigenvalue weighted by molar-refractivity contribution is -0.144. The van der Waals surface area contributed by atoms with Crippen molar-refractivity contribution >= 4 is 5.97 Å². The Morgan fingerprint density at radius 2 is 1.76 bits per heavy atom. The molecule has 1 atom stereocenters. The van der Waals surface area contributed by atoms with Gasteiger partial charge in [0, 0.05) is 13.1 Å². The van der Waals surface area contributed by atoms with E-state index in [9.17, 15) is 9.90 Å². The minimum atomic E-state index is -0.779. The highest BCUT2D eigenvalue weighted by Gasteiger charge is 2.29. The Kier molecular flexibility index (Phi) is 3.76. The normalized spacial score (nSPS) is 16.2. The zero-order valence-corrected chi connectivity index (χ0v) is 12.1. The standard InChI is InChI=1S/C18H19NO2/c1-13-6-8-15(9-7-13)17(18(20)21)19-11-10-14-4-2-3-5-16(14)12-19/h2-9,17H,10-12H2,1H3,(H,20,21)/t17-/m0/s1. The van der Waals surface area contributed by atoms with Crippen LogP contribution in [0.1, 0.15) is 28.3 Å². The summed E-state index contributed by atoms with van der Waals surface area (Å²) in [5, 5.41) is 9.65. The summed E-state index contributed by atoms with van der Waals surface area (Å²) < 4.78 is 0.